The van der Waals surface area contributed by atoms with Crippen LogP contribution in [-0.2, 0) is 13.0 Å². The van der Waals surface area contributed by atoms with E-state index in [9.17, 15) is 0 Å². The van der Waals surface area contributed by atoms with Crippen molar-refractivity contribution in [2.45, 2.75) is 13.0 Å². The molecule has 0 atom stereocenters. The van der Waals surface area contributed by atoms with Crippen molar-refractivity contribution in [3.63, 3.8) is 0 Å². The van der Waals surface area contributed by atoms with Gasteiger partial charge >= 0.3 is 0 Å². The van der Waals surface area contributed by atoms with E-state index in [1.807, 2.05) is 18.2 Å². The molecule has 0 radical (unpaired) electrons. The maximum absolute atomic E-state index is 5.32. The first-order chi connectivity index (χ1) is 10.9. The number of aromatic nitrogens is 2. The molecule has 1 aromatic carbocycles. The van der Waals surface area contributed by atoms with Crippen molar-refractivity contribution < 1.29 is 4.42 Å². The summed E-state index contributed by atoms with van der Waals surface area (Å²) in [6.07, 6.45) is 4.49. The second-order valence-corrected chi connectivity index (χ2v) is 5.21. The van der Waals surface area contributed by atoms with Crippen LogP contribution < -0.4 is 10.2 Å². The summed E-state index contributed by atoms with van der Waals surface area (Å²) in [5.74, 6) is 2.41. The number of hydrogen-bond acceptors (Lipinski definition) is 5. The molecule has 5 nitrogen and oxygen atoms in total. The van der Waals surface area contributed by atoms with Gasteiger partial charge in [-0.05, 0) is 36.2 Å². The minimum atomic E-state index is 0.611. The van der Waals surface area contributed by atoms with Gasteiger partial charge in [-0.25, -0.2) is 4.98 Å². The molecule has 0 saturated heterocycles. The van der Waals surface area contributed by atoms with Crippen LogP contribution in [0, 0.1) is 0 Å². The third kappa shape index (κ3) is 2.41. The fourth-order valence-electron chi connectivity index (χ4n) is 2.71. The molecule has 0 spiro atoms. The second-order valence-electron chi connectivity index (χ2n) is 5.21. The Bertz CT molecular complexity index is 770. The highest BCUT2D eigenvalue weighted by atomic mass is 16.3. The van der Waals surface area contributed by atoms with Crippen LogP contribution in [0.4, 0.5) is 17.5 Å². The van der Waals surface area contributed by atoms with Gasteiger partial charge in [-0.2, -0.15) is 4.98 Å². The lowest BCUT2D eigenvalue weighted by molar-refractivity contribution is 0.518. The van der Waals surface area contributed by atoms with E-state index < -0.39 is 0 Å². The number of fused-ring (bicyclic) bond motifs is 1. The van der Waals surface area contributed by atoms with Crippen LogP contribution in [0.1, 0.15) is 11.3 Å². The average Bonchev–Trinajstić information content (AvgIpc) is 3.23. The molecule has 3 heterocycles. The molecule has 110 valence electrons. The van der Waals surface area contributed by atoms with Gasteiger partial charge < -0.3 is 14.6 Å². The Hall–Kier alpha value is -2.82. The van der Waals surface area contributed by atoms with Gasteiger partial charge in [0.1, 0.15) is 11.6 Å². The van der Waals surface area contributed by atoms with E-state index in [4.69, 9.17) is 4.42 Å². The maximum Gasteiger partial charge on any atom is 0.231 e. The van der Waals surface area contributed by atoms with E-state index in [2.05, 4.69) is 44.5 Å². The molecular weight excluding hydrogens is 276 g/mol. The molecule has 0 unspecified atom stereocenters. The Labute approximate surface area is 128 Å². The van der Waals surface area contributed by atoms with Gasteiger partial charge in [0, 0.05) is 18.4 Å². The quantitative estimate of drug-likeness (QED) is 0.799. The highest BCUT2D eigenvalue weighted by Gasteiger charge is 2.21. The summed E-state index contributed by atoms with van der Waals surface area (Å²) in [7, 11) is 0. The highest BCUT2D eigenvalue weighted by Crippen LogP contribution is 2.32. The van der Waals surface area contributed by atoms with Crippen molar-refractivity contribution in [3.05, 3.63) is 66.2 Å². The predicted octanol–water partition coefficient (Wildman–Crippen LogP) is 3.38. The molecule has 3 aromatic rings. The number of anilines is 3. The molecule has 0 aliphatic carbocycles. The summed E-state index contributed by atoms with van der Waals surface area (Å²) in [5.41, 5.74) is 2.55. The van der Waals surface area contributed by atoms with Crippen LogP contribution in [0.3, 0.4) is 0 Å². The van der Waals surface area contributed by atoms with Crippen LogP contribution >= 0.6 is 0 Å². The van der Waals surface area contributed by atoms with Crippen LogP contribution in [0.25, 0.3) is 0 Å². The van der Waals surface area contributed by atoms with Gasteiger partial charge in [0.05, 0.1) is 12.8 Å². The van der Waals surface area contributed by atoms with Gasteiger partial charge in [-0.1, -0.05) is 18.2 Å². The lowest BCUT2D eigenvalue weighted by Gasteiger charge is -2.17. The highest BCUT2D eigenvalue weighted by molar-refractivity contribution is 5.66. The van der Waals surface area contributed by atoms with Crippen LogP contribution in [0.2, 0.25) is 0 Å². The van der Waals surface area contributed by atoms with Crippen LogP contribution in [0.15, 0.2) is 59.3 Å². The van der Waals surface area contributed by atoms with Crippen molar-refractivity contribution in [1.82, 2.24) is 9.97 Å². The largest absolute Gasteiger partial charge is 0.467 e. The number of hydrogen-bond donors (Lipinski definition) is 1. The first kappa shape index (κ1) is 12.9. The van der Waals surface area contributed by atoms with E-state index in [0.29, 0.717) is 6.54 Å². The summed E-state index contributed by atoms with van der Waals surface area (Å²) in [4.78, 5) is 11.2. The Balaban J connectivity index is 1.55. The minimum Gasteiger partial charge on any atom is -0.467 e. The second kappa shape index (κ2) is 5.52. The molecule has 2 aromatic heterocycles. The number of benzene rings is 1. The molecule has 0 fully saturated rings. The number of para-hydroxylation sites is 1. The Morgan fingerprint density at radius 2 is 2.09 bits per heavy atom. The third-order valence-electron chi connectivity index (χ3n) is 3.80. The van der Waals surface area contributed by atoms with E-state index in [1.165, 1.54) is 11.3 Å². The van der Waals surface area contributed by atoms with Crippen molar-refractivity contribution in [2.24, 2.45) is 0 Å². The molecule has 1 aliphatic heterocycles. The minimum absolute atomic E-state index is 0.611. The van der Waals surface area contributed by atoms with Crippen LogP contribution in [0.5, 0.6) is 0 Å². The van der Waals surface area contributed by atoms with Crippen molar-refractivity contribution in [3.8, 4) is 0 Å². The Morgan fingerprint density at radius 1 is 1.14 bits per heavy atom. The number of furan rings is 1. The normalized spacial score (nSPS) is 13.2. The third-order valence-corrected chi connectivity index (χ3v) is 3.80. The van der Waals surface area contributed by atoms with Gasteiger partial charge in [-0.3, -0.25) is 0 Å². The fourth-order valence-corrected chi connectivity index (χ4v) is 2.71. The lowest BCUT2D eigenvalue weighted by atomic mass is 10.2. The number of rotatable bonds is 4. The van der Waals surface area contributed by atoms with E-state index in [-0.39, 0.29) is 0 Å². The molecule has 0 amide bonds. The summed E-state index contributed by atoms with van der Waals surface area (Å²) < 4.78 is 5.32. The van der Waals surface area contributed by atoms with Gasteiger partial charge in [0.2, 0.25) is 5.95 Å². The molecule has 5 heteroatoms. The Kier molecular flexibility index (Phi) is 3.23. The average molecular weight is 292 g/mol. The standard InChI is InChI=1S/C17H16N4O/c1-2-6-15-13(4-1)8-10-21(15)17-18-9-7-16(20-17)19-12-14-5-3-11-22-14/h1-7,9,11H,8,10,12H2,(H,18,19,20). The zero-order chi connectivity index (χ0) is 14.8. The first-order valence-corrected chi connectivity index (χ1v) is 7.35. The summed E-state index contributed by atoms with van der Waals surface area (Å²) in [6, 6.07) is 14.1. The van der Waals surface area contributed by atoms with Gasteiger partial charge in [-0.15, -0.1) is 0 Å². The van der Waals surface area contributed by atoms with Gasteiger partial charge in [0.25, 0.3) is 0 Å². The summed E-state index contributed by atoms with van der Waals surface area (Å²) in [5, 5.41) is 3.26. The molecular formula is C17H16N4O. The number of nitrogens with zero attached hydrogens (tertiary/aromatic N) is 3. The summed E-state index contributed by atoms with van der Waals surface area (Å²) in [6.45, 7) is 1.53. The van der Waals surface area contributed by atoms with Crippen molar-refractivity contribution >= 4 is 17.5 Å². The Morgan fingerprint density at radius 3 is 3.00 bits per heavy atom. The van der Waals surface area contributed by atoms with E-state index in [1.54, 1.807) is 12.5 Å². The topological polar surface area (TPSA) is 54.2 Å². The fraction of sp³-hybridized carbons (Fsp3) is 0.176. The number of nitrogens with one attached hydrogen (secondary N) is 1. The summed E-state index contributed by atoms with van der Waals surface area (Å²) >= 11 is 0. The smallest absolute Gasteiger partial charge is 0.231 e. The molecule has 0 saturated carbocycles. The van der Waals surface area contributed by atoms with Crippen LogP contribution in [-0.4, -0.2) is 16.5 Å². The lowest BCUT2D eigenvalue weighted by Crippen LogP contribution is -2.17. The van der Waals surface area contributed by atoms with Crippen molar-refractivity contribution in [1.29, 1.82) is 0 Å². The maximum atomic E-state index is 5.32. The molecule has 4 rings (SSSR count). The van der Waals surface area contributed by atoms with E-state index in [0.717, 1.165) is 30.5 Å². The van der Waals surface area contributed by atoms with Gasteiger partial charge in [0.15, 0.2) is 0 Å². The molecule has 22 heavy (non-hydrogen) atoms. The molecule has 0 bridgehead atoms. The molecule has 1 N–H and O–H groups in total. The zero-order valence-electron chi connectivity index (χ0n) is 12.1. The zero-order valence-corrected chi connectivity index (χ0v) is 12.1. The van der Waals surface area contributed by atoms with Crippen molar-refractivity contribution in [2.75, 3.05) is 16.8 Å². The SMILES string of the molecule is c1coc(CNc2ccnc(N3CCc4ccccc43)n2)c1. The predicted molar refractivity (Wildman–Crippen MR) is 85.2 cm³/mol. The van der Waals surface area contributed by atoms with E-state index >= 15 is 0 Å². The first-order valence-electron chi connectivity index (χ1n) is 7.35. The molecule has 1 aliphatic rings. The monoisotopic (exact) mass is 292 g/mol.